The van der Waals surface area contributed by atoms with Gasteiger partial charge < -0.3 is 19.6 Å². The zero-order valence-electron chi connectivity index (χ0n) is 20.4. The van der Waals surface area contributed by atoms with Crippen LogP contribution >= 0.6 is 0 Å². The zero-order valence-corrected chi connectivity index (χ0v) is 20.4. The van der Waals surface area contributed by atoms with Crippen molar-refractivity contribution in [2.24, 2.45) is 0 Å². The predicted octanol–water partition coefficient (Wildman–Crippen LogP) is 4.79. The minimum Gasteiger partial charge on any atom is -0.489 e. The highest BCUT2D eigenvalue weighted by Crippen LogP contribution is 2.32. The van der Waals surface area contributed by atoms with E-state index in [-0.39, 0.29) is 6.10 Å². The van der Waals surface area contributed by atoms with E-state index >= 15 is 0 Å². The highest BCUT2D eigenvalue weighted by molar-refractivity contribution is 5.97. The Bertz CT molecular complexity index is 1720. The van der Waals surface area contributed by atoms with Gasteiger partial charge in [0, 0.05) is 28.9 Å². The summed E-state index contributed by atoms with van der Waals surface area (Å²) < 4.78 is 8.25. The van der Waals surface area contributed by atoms with E-state index in [1.165, 1.54) is 0 Å². The number of aromatic amines is 2. The molecular formula is C28H26N8O. The molecule has 37 heavy (non-hydrogen) atoms. The Labute approximate surface area is 212 Å². The summed E-state index contributed by atoms with van der Waals surface area (Å²) in [6.07, 6.45) is 9.68. The summed E-state index contributed by atoms with van der Waals surface area (Å²) in [5, 5.41) is 12.2. The highest BCUT2D eigenvalue weighted by atomic mass is 16.5. The van der Waals surface area contributed by atoms with Gasteiger partial charge in [-0.2, -0.15) is 5.10 Å². The Kier molecular flexibility index (Phi) is 5.21. The molecule has 6 heterocycles. The second kappa shape index (κ2) is 8.86. The Hall–Kier alpha value is -4.50. The van der Waals surface area contributed by atoms with E-state index in [2.05, 4.69) is 48.7 Å². The third-order valence-electron chi connectivity index (χ3n) is 6.89. The fourth-order valence-corrected chi connectivity index (χ4v) is 5.02. The van der Waals surface area contributed by atoms with Crippen LogP contribution in [0.5, 0.6) is 5.75 Å². The molecular weight excluding hydrogens is 464 g/mol. The molecule has 7 rings (SSSR count). The molecule has 0 amide bonds. The first-order valence-corrected chi connectivity index (χ1v) is 12.5. The standard InChI is InChI=1S/C28H26N8O/c1-17-15-36(16-31-17)26-4-2-3-23-21(26)12-25(32-23)28-27-24(34-35-28)6-5-22(33-27)18-11-20(14-30-13-18)37-19-7-9-29-10-8-19/h2-6,11-16,19,29,32H,7-10H2,1H3,(H,34,35). The smallest absolute Gasteiger partial charge is 0.138 e. The molecule has 0 unspecified atom stereocenters. The van der Waals surface area contributed by atoms with Crippen LogP contribution in [0.2, 0.25) is 0 Å². The minimum absolute atomic E-state index is 0.215. The van der Waals surface area contributed by atoms with Crippen molar-refractivity contribution in [1.82, 2.24) is 40.0 Å². The Morgan fingerprint density at radius 3 is 2.81 bits per heavy atom. The van der Waals surface area contributed by atoms with Crippen molar-refractivity contribution in [2.75, 3.05) is 13.1 Å². The molecule has 5 aromatic heterocycles. The van der Waals surface area contributed by atoms with Gasteiger partial charge in [0.25, 0.3) is 0 Å². The average molecular weight is 491 g/mol. The van der Waals surface area contributed by atoms with Gasteiger partial charge in [-0.05, 0) is 69.3 Å². The van der Waals surface area contributed by atoms with Crippen LogP contribution in [-0.4, -0.2) is 53.9 Å². The van der Waals surface area contributed by atoms with Gasteiger partial charge in [0.15, 0.2) is 0 Å². The van der Waals surface area contributed by atoms with Crippen molar-refractivity contribution in [3.63, 3.8) is 0 Å². The normalized spacial score (nSPS) is 14.5. The van der Waals surface area contributed by atoms with E-state index in [9.17, 15) is 0 Å². The molecule has 0 atom stereocenters. The molecule has 0 saturated carbocycles. The second-order valence-corrected chi connectivity index (χ2v) is 9.49. The maximum Gasteiger partial charge on any atom is 0.138 e. The van der Waals surface area contributed by atoms with Crippen LogP contribution in [0.25, 0.3) is 50.3 Å². The molecule has 3 N–H and O–H groups in total. The van der Waals surface area contributed by atoms with Gasteiger partial charge in [-0.1, -0.05) is 6.07 Å². The van der Waals surface area contributed by atoms with E-state index in [1.807, 2.05) is 54.5 Å². The van der Waals surface area contributed by atoms with E-state index in [0.717, 1.165) is 87.6 Å². The highest BCUT2D eigenvalue weighted by Gasteiger charge is 2.17. The number of aryl methyl sites for hydroxylation is 1. The number of hydrogen-bond acceptors (Lipinski definition) is 6. The second-order valence-electron chi connectivity index (χ2n) is 9.49. The molecule has 184 valence electrons. The third-order valence-corrected chi connectivity index (χ3v) is 6.89. The van der Waals surface area contributed by atoms with Crippen molar-refractivity contribution in [3.8, 4) is 34.1 Å². The monoisotopic (exact) mass is 490 g/mol. The van der Waals surface area contributed by atoms with Crippen LogP contribution in [0.1, 0.15) is 18.5 Å². The minimum atomic E-state index is 0.215. The summed E-state index contributed by atoms with van der Waals surface area (Å²) in [5.74, 6) is 0.775. The molecule has 1 fully saturated rings. The molecule has 9 nitrogen and oxygen atoms in total. The van der Waals surface area contributed by atoms with Crippen LogP contribution < -0.4 is 10.1 Å². The van der Waals surface area contributed by atoms with E-state index in [4.69, 9.17) is 9.72 Å². The lowest BCUT2D eigenvalue weighted by Crippen LogP contribution is -2.34. The van der Waals surface area contributed by atoms with Gasteiger partial charge in [-0.3, -0.25) is 10.1 Å². The van der Waals surface area contributed by atoms with Crippen molar-refractivity contribution in [2.45, 2.75) is 25.9 Å². The molecule has 0 aliphatic carbocycles. The largest absolute Gasteiger partial charge is 0.489 e. The van der Waals surface area contributed by atoms with Crippen molar-refractivity contribution in [1.29, 1.82) is 0 Å². The molecule has 1 aromatic carbocycles. The number of aromatic nitrogens is 7. The first kappa shape index (κ1) is 21.8. The summed E-state index contributed by atoms with van der Waals surface area (Å²) in [5.41, 5.74) is 8.14. The van der Waals surface area contributed by atoms with Gasteiger partial charge in [-0.15, -0.1) is 0 Å². The first-order chi connectivity index (χ1) is 18.2. The van der Waals surface area contributed by atoms with E-state index in [1.54, 1.807) is 6.20 Å². The lowest BCUT2D eigenvalue weighted by molar-refractivity contribution is 0.162. The van der Waals surface area contributed by atoms with Gasteiger partial charge in [0.1, 0.15) is 23.1 Å². The van der Waals surface area contributed by atoms with Gasteiger partial charge in [0.2, 0.25) is 0 Å². The topological polar surface area (TPSA) is 109 Å². The fourth-order valence-electron chi connectivity index (χ4n) is 5.02. The number of ether oxygens (including phenoxy) is 1. The summed E-state index contributed by atoms with van der Waals surface area (Å²) in [6.45, 7) is 3.95. The number of H-pyrrole nitrogens is 2. The molecule has 1 saturated heterocycles. The Morgan fingerprint density at radius 2 is 1.95 bits per heavy atom. The molecule has 0 radical (unpaired) electrons. The summed E-state index contributed by atoms with van der Waals surface area (Å²) in [7, 11) is 0. The predicted molar refractivity (Wildman–Crippen MR) is 143 cm³/mol. The summed E-state index contributed by atoms with van der Waals surface area (Å²) >= 11 is 0. The fraction of sp³-hybridized carbons (Fsp3) is 0.214. The SMILES string of the molecule is Cc1cn(-c2cccc3[nH]c(-c4n[nH]c5ccc(-c6cncc(OC7CCNCC7)c6)nc45)cc23)cn1. The maximum absolute atomic E-state index is 6.21. The molecule has 1 aliphatic heterocycles. The van der Waals surface area contributed by atoms with E-state index < -0.39 is 0 Å². The van der Waals surface area contributed by atoms with Crippen LogP contribution in [0.4, 0.5) is 0 Å². The third kappa shape index (κ3) is 4.03. The van der Waals surface area contributed by atoms with Crippen molar-refractivity contribution in [3.05, 3.63) is 73.1 Å². The number of nitrogens with zero attached hydrogens (tertiary/aromatic N) is 5. The lowest BCUT2D eigenvalue weighted by Gasteiger charge is -2.23. The number of benzene rings is 1. The van der Waals surface area contributed by atoms with Gasteiger partial charge >= 0.3 is 0 Å². The van der Waals surface area contributed by atoms with Gasteiger partial charge in [-0.25, -0.2) is 9.97 Å². The summed E-state index contributed by atoms with van der Waals surface area (Å²) in [6, 6.07) is 14.3. The molecule has 9 heteroatoms. The molecule has 1 aliphatic rings. The molecule has 0 spiro atoms. The lowest BCUT2D eigenvalue weighted by atomic mass is 10.1. The number of imidazole rings is 1. The Balaban J connectivity index is 1.26. The number of nitrogens with one attached hydrogen (secondary N) is 3. The van der Waals surface area contributed by atoms with Crippen molar-refractivity contribution < 1.29 is 4.74 Å². The van der Waals surface area contributed by atoms with Crippen LogP contribution in [-0.2, 0) is 0 Å². The number of hydrogen-bond donors (Lipinski definition) is 3. The molecule has 0 bridgehead atoms. The number of piperidine rings is 1. The maximum atomic E-state index is 6.21. The Morgan fingerprint density at radius 1 is 1.03 bits per heavy atom. The van der Waals surface area contributed by atoms with Crippen LogP contribution in [0.15, 0.2) is 67.4 Å². The summed E-state index contributed by atoms with van der Waals surface area (Å²) in [4.78, 5) is 17.3. The number of fused-ring (bicyclic) bond motifs is 2. The van der Waals surface area contributed by atoms with Crippen molar-refractivity contribution >= 4 is 21.9 Å². The number of rotatable bonds is 5. The first-order valence-electron chi connectivity index (χ1n) is 12.5. The zero-order chi connectivity index (χ0) is 24.8. The molecule has 6 aromatic rings. The van der Waals surface area contributed by atoms with Crippen LogP contribution in [0, 0.1) is 6.92 Å². The average Bonchev–Trinajstić information content (AvgIpc) is 3.66. The van der Waals surface area contributed by atoms with Crippen LogP contribution in [0.3, 0.4) is 0 Å². The number of pyridine rings is 2. The van der Waals surface area contributed by atoms with Gasteiger partial charge in [0.05, 0.1) is 40.8 Å². The van der Waals surface area contributed by atoms with E-state index in [0.29, 0.717) is 0 Å². The quantitative estimate of drug-likeness (QED) is 0.321.